The number of fused-ring (bicyclic) bond motifs is 1. The number of H-pyrrole nitrogens is 1. The number of aromatic amines is 1. The van der Waals surface area contributed by atoms with E-state index in [1.807, 2.05) is 30.3 Å². The molecule has 0 bridgehead atoms. The minimum atomic E-state index is 0.751. The number of thioether (sulfide) groups is 1. The van der Waals surface area contributed by atoms with Gasteiger partial charge in [-0.2, -0.15) is 0 Å². The Balaban J connectivity index is 1.67. The molecule has 0 aliphatic rings. The first-order valence-electron chi connectivity index (χ1n) is 5.65. The third kappa shape index (κ3) is 2.36. The Morgan fingerprint density at radius 1 is 1.28 bits per heavy atom. The average molecular weight is 259 g/mol. The fourth-order valence-corrected chi connectivity index (χ4v) is 2.59. The Morgan fingerprint density at radius 3 is 3.06 bits per heavy atom. The van der Waals surface area contributed by atoms with E-state index in [-0.39, 0.29) is 0 Å². The monoisotopic (exact) mass is 259 g/mol. The number of hydrogen-bond acceptors (Lipinski definition) is 4. The molecule has 3 rings (SSSR count). The number of rotatable bonds is 4. The van der Waals surface area contributed by atoms with Gasteiger partial charge in [0.15, 0.2) is 0 Å². The molecule has 0 radical (unpaired) electrons. The van der Waals surface area contributed by atoms with Gasteiger partial charge in [0.1, 0.15) is 11.6 Å². The normalized spacial score (nSPS) is 11.1. The maximum absolute atomic E-state index is 5.73. The highest BCUT2D eigenvalue weighted by Gasteiger charge is 2.04. The molecular weight excluding hydrogens is 246 g/mol. The molecular formula is C13H13N3OS. The molecule has 5 heteroatoms. The number of nitrogens with one attached hydrogen (secondary N) is 1. The summed E-state index contributed by atoms with van der Waals surface area (Å²) in [7, 11) is 0. The largest absolute Gasteiger partial charge is 0.468 e. The lowest BCUT2D eigenvalue weighted by Crippen LogP contribution is -1.84. The number of aromatic nitrogens is 2. The number of nitrogens with two attached hydrogens (primary N) is 1. The molecule has 0 aliphatic heterocycles. The van der Waals surface area contributed by atoms with Gasteiger partial charge in [0.05, 0.1) is 28.8 Å². The van der Waals surface area contributed by atoms with Gasteiger partial charge in [-0.15, -0.1) is 11.8 Å². The van der Waals surface area contributed by atoms with Gasteiger partial charge >= 0.3 is 0 Å². The molecule has 0 aliphatic carbocycles. The van der Waals surface area contributed by atoms with E-state index < -0.39 is 0 Å². The summed E-state index contributed by atoms with van der Waals surface area (Å²) in [4.78, 5) is 7.78. The summed E-state index contributed by atoms with van der Waals surface area (Å²) >= 11 is 1.76. The molecule has 0 amide bonds. The van der Waals surface area contributed by atoms with Gasteiger partial charge < -0.3 is 15.1 Å². The van der Waals surface area contributed by atoms with Crippen molar-refractivity contribution in [1.29, 1.82) is 0 Å². The zero-order chi connectivity index (χ0) is 12.4. The van der Waals surface area contributed by atoms with Gasteiger partial charge in [0.25, 0.3) is 0 Å². The molecule has 0 saturated carbocycles. The van der Waals surface area contributed by atoms with Gasteiger partial charge in [-0.25, -0.2) is 4.98 Å². The smallest absolute Gasteiger partial charge is 0.117 e. The van der Waals surface area contributed by atoms with Crippen molar-refractivity contribution < 1.29 is 4.42 Å². The lowest BCUT2D eigenvalue weighted by molar-refractivity contribution is 0.530. The maximum atomic E-state index is 5.73. The number of furan rings is 1. The predicted molar refractivity (Wildman–Crippen MR) is 74.2 cm³/mol. The van der Waals surface area contributed by atoms with Crippen LogP contribution in [0.25, 0.3) is 11.0 Å². The lowest BCUT2D eigenvalue weighted by Gasteiger charge is -1.95. The van der Waals surface area contributed by atoms with Crippen molar-refractivity contribution in [1.82, 2.24) is 9.97 Å². The molecule has 18 heavy (non-hydrogen) atoms. The molecule has 3 aromatic rings. The fraction of sp³-hybridized carbons (Fsp3) is 0.154. The Morgan fingerprint density at radius 2 is 2.22 bits per heavy atom. The van der Waals surface area contributed by atoms with Crippen LogP contribution in [-0.4, -0.2) is 9.97 Å². The van der Waals surface area contributed by atoms with Crippen LogP contribution in [0.5, 0.6) is 0 Å². The zero-order valence-electron chi connectivity index (χ0n) is 9.72. The van der Waals surface area contributed by atoms with Crippen molar-refractivity contribution in [3.63, 3.8) is 0 Å². The second-order valence-corrected chi connectivity index (χ2v) is 5.02. The standard InChI is InChI=1S/C13H13N3OS/c14-9-3-4-11-12(6-9)16-13(15-11)8-18-7-10-2-1-5-17-10/h1-6H,7-8,14H2,(H,15,16). The number of imidazole rings is 1. The van der Waals surface area contributed by atoms with E-state index in [0.717, 1.165) is 39.8 Å². The minimum Gasteiger partial charge on any atom is -0.468 e. The molecule has 92 valence electrons. The van der Waals surface area contributed by atoms with Crippen LogP contribution in [-0.2, 0) is 11.5 Å². The Labute approximate surface area is 109 Å². The second-order valence-electron chi connectivity index (χ2n) is 4.03. The summed E-state index contributed by atoms with van der Waals surface area (Å²) in [5, 5.41) is 0. The van der Waals surface area contributed by atoms with Crippen LogP contribution in [0, 0.1) is 0 Å². The van der Waals surface area contributed by atoms with Crippen molar-refractivity contribution >= 4 is 28.5 Å². The Hall–Kier alpha value is -1.88. The van der Waals surface area contributed by atoms with E-state index in [0.29, 0.717) is 0 Å². The summed E-state index contributed by atoms with van der Waals surface area (Å²) in [6, 6.07) is 9.58. The number of nitrogens with zero attached hydrogens (tertiary/aromatic N) is 1. The lowest BCUT2D eigenvalue weighted by atomic mass is 10.3. The first-order chi connectivity index (χ1) is 8.81. The molecule has 1 aromatic carbocycles. The molecule has 3 N–H and O–H groups in total. The molecule has 0 saturated heterocycles. The molecule has 2 aromatic heterocycles. The maximum Gasteiger partial charge on any atom is 0.117 e. The molecule has 0 unspecified atom stereocenters. The van der Waals surface area contributed by atoms with Crippen LogP contribution < -0.4 is 5.73 Å². The highest BCUT2D eigenvalue weighted by Crippen LogP contribution is 2.20. The molecule has 2 heterocycles. The van der Waals surface area contributed by atoms with Crippen LogP contribution in [0.1, 0.15) is 11.6 Å². The molecule has 4 nitrogen and oxygen atoms in total. The number of hydrogen-bond donors (Lipinski definition) is 2. The fourth-order valence-electron chi connectivity index (χ4n) is 1.79. The molecule has 0 atom stereocenters. The highest BCUT2D eigenvalue weighted by atomic mass is 32.2. The summed E-state index contributed by atoms with van der Waals surface area (Å²) in [5.41, 5.74) is 8.43. The van der Waals surface area contributed by atoms with Crippen molar-refractivity contribution in [2.45, 2.75) is 11.5 Å². The highest BCUT2D eigenvalue weighted by molar-refractivity contribution is 7.97. The van der Waals surface area contributed by atoms with E-state index in [1.165, 1.54) is 0 Å². The van der Waals surface area contributed by atoms with Gasteiger partial charge in [-0.1, -0.05) is 0 Å². The predicted octanol–water partition coefficient (Wildman–Crippen LogP) is 3.17. The second kappa shape index (κ2) is 4.78. The van der Waals surface area contributed by atoms with Gasteiger partial charge in [-0.05, 0) is 30.3 Å². The summed E-state index contributed by atoms with van der Waals surface area (Å²) in [5.74, 6) is 3.63. The topological polar surface area (TPSA) is 67.8 Å². The SMILES string of the molecule is Nc1ccc2nc(CSCc3ccco3)[nH]c2c1. The van der Waals surface area contributed by atoms with Crippen molar-refractivity contribution in [3.8, 4) is 0 Å². The number of nitrogen functional groups attached to an aromatic ring is 1. The van der Waals surface area contributed by atoms with Crippen LogP contribution >= 0.6 is 11.8 Å². The third-order valence-electron chi connectivity index (χ3n) is 2.62. The quantitative estimate of drug-likeness (QED) is 0.706. The minimum absolute atomic E-state index is 0.751. The van der Waals surface area contributed by atoms with E-state index in [2.05, 4.69) is 9.97 Å². The van der Waals surface area contributed by atoms with Crippen LogP contribution in [0.3, 0.4) is 0 Å². The average Bonchev–Trinajstić information content (AvgIpc) is 2.97. The molecule has 0 spiro atoms. The van der Waals surface area contributed by atoms with E-state index in [9.17, 15) is 0 Å². The van der Waals surface area contributed by atoms with Crippen LogP contribution in [0.4, 0.5) is 5.69 Å². The van der Waals surface area contributed by atoms with Gasteiger partial charge in [-0.3, -0.25) is 0 Å². The van der Waals surface area contributed by atoms with Crippen molar-refractivity contribution in [3.05, 3.63) is 48.2 Å². The zero-order valence-corrected chi connectivity index (χ0v) is 10.5. The summed E-state index contributed by atoms with van der Waals surface area (Å²) < 4.78 is 5.28. The van der Waals surface area contributed by atoms with E-state index >= 15 is 0 Å². The number of benzene rings is 1. The third-order valence-corrected chi connectivity index (χ3v) is 3.58. The van der Waals surface area contributed by atoms with E-state index in [1.54, 1.807) is 18.0 Å². The molecule has 0 fully saturated rings. The summed E-state index contributed by atoms with van der Waals surface area (Å²) in [6.07, 6.45) is 1.69. The Kier molecular flexibility index (Phi) is 2.98. The van der Waals surface area contributed by atoms with Crippen molar-refractivity contribution in [2.75, 3.05) is 5.73 Å². The summed E-state index contributed by atoms with van der Waals surface area (Å²) in [6.45, 7) is 0. The van der Waals surface area contributed by atoms with Crippen LogP contribution in [0.15, 0.2) is 41.0 Å². The van der Waals surface area contributed by atoms with Gasteiger partial charge in [0, 0.05) is 5.69 Å². The Bertz CT molecular complexity index is 645. The first kappa shape index (κ1) is 11.2. The number of anilines is 1. The van der Waals surface area contributed by atoms with Crippen molar-refractivity contribution in [2.24, 2.45) is 0 Å². The first-order valence-corrected chi connectivity index (χ1v) is 6.81. The van der Waals surface area contributed by atoms with E-state index in [4.69, 9.17) is 10.2 Å². The van der Waals surface area contributed by atoms with Gasteiger partial charge in [0.2, 0.25) is 0 Å². The van der Waals surface area contributed by atoms with Crippen LogP contribution in [0.2, 0.25) is 0 Å².